The number of nitrogens with zero attached hydrogens (tertiary/aromatic N) is 1. The minimum Gasteiger partial charge on any atom is -0.409 e. The Kier molecular flexibility index (Phi) is 2.49. The summed E-state index contributed by atoms with van der Waals surface area (Å²) in [4.78, 5) is 0. The van der Waals surface area contributed by atoms with Crippen molar-refractivity contribution in [2.24, 2.45) is 5.16 Å². The van der Waals surface area contributed by atoms with E-state index in [1.165, 1.54) is 0 Å². The van der Waals surface area contributed by atoms with Crippen molar-refractivity contribution in [3.8, 4) is 0 Å². The summed E-state index contributed by atoms with van der Waals surface area (Å²) in [6.07, 6.45) is 9.23. The molecule has 0 unspecified atom stereocenters. The Morgan fingerprint density at radius 3 is 3.09 bits per heavy atom. The Labute approximate surface area is 65.4 Å². The predicted octanol–water partition coefficient (Wildman–Crippen LogP) is 1.39. The van der Waals surface area contributed by atoms with Crippen LogP contribution in [-0.2, 0) is 0 Å². The zero-order valence-electron chi connectivity index (χ0n) is 6.28. The Hall–Kier alpha value is -1.51. The molecule has 0 bridgehead atoms. The fourth-order valence-electron chi connectivity index (χ4n) is 0.794. The highest BCUT2D eigenvalue weighted by Gasteiger charge is 2.06. The molecule has 1 aliphatic heterocycles. The van der Waals surface area contributed by atoms with Crippen LogP contribution in [0.1, 0.15) is 6.92 Å². The molecular formula is C8H10N2O. The van der Waals surface area contributed by atoms with Gasteiger partial charge in [-0.3, -0.25) is 0 Å². The van der Waals surface area contributed by atoms with E-state index in [4.69, 9.17) is 5.21 Å². The van der Waals surface area contributed by atoms with E-state index >= 15 is 0 Å². The van der Waals surface area contributed by atoms with E-state index < -0.39 is 0 Å². The molecule has 0 saturated heterocycles. The van der Waals surface area contributed by atoms with Crippen molar-refractivity contribution in [3.63, 3.8) is 0 Å². The number of nitrogens with one attached hydrogen (secondary N) is 1. The maximum Gasteiger partial charge on any atom is 0.176 e. The fourth-order valence-corrected chi connectivity index (χ4v) is 0.794. The minimum atomic E-state index is 0.489. The van der Waals surface area contributed by atoms with Gasteiger partial charge in [0.1, 0.15) is 0 Å². The second kappa shape index (κ2) is 3.61. The van der Waals surface area contributed by atoms with Gasteiger partial charge in [0.15, 0.2) is 5.84 Å². The van der Waals surface area contributed by atoms with Gasteiger partial charge in [-0.15, -0.1) is 0 Å². The van der Waals surface area contributed by atoms with Crippen molar-refractivity contribution in [3.05, 3.63) is 36.1 Å². The van der Waals surface area contributed by atoms with Crippen LogP contribution in [0.2, 0.25) is 0 Å². The smallest absolute Gasteiger partial charge is 0.176 e. The highest BCUT2D eigenvalue weighted by molar-refractivity contribution is 6.03. The molecule has 0 fully saturated rings. The average Bonchev–Trinajstić information content (AvgIpc) is 2.47. The van der Waals surface area contributed by atoms with Crippen LogP contribution in [0.4, 0.5) is 0 Å². The minimum absolute atomic E-state index is 0.489. The van der Waals surface area contributed by atoms with E-state index in [1.54, 1.807) is 6.20 Å². The Balaban J connectivity index is 2.78. The van der Waals surface area contributed by atoms with E-state index in [0.29, 0.717) is 5.84 Å². The lowest BCUT2D eigenvalue weighted by Crippen LogP contribution is -2.12. The molecule has 1 heterocycles. The highest BCUT2D eigenvalue weighted by atomic mass is 16.4. The van der Waals surface area contributed by atoms with Crippen LogP contribution in [-0.4, -0.2) is 11.0 Å². The van der Waals surface area contributed by atoms with Crippen LogP contribution in [0.15, 0.2) is 41.2 Å². The molecule has 0 radical (unpaired) electrons. The van der Waals surface area contributed by atoms with Gasteiger partial charge in [-0.25, -0.2) is 0 Å². The molecule has 0 aromatic rings. The summed E-state index contributed by atoms with van der Waals surface area (Å²) < 4.78 is 0. The third-order valence-electron chi connectivity index (χ3n) is 1.32. The summed E-state index contributed by atoms with van der Waals surface area (Å²) in [5.74, 6) is 0.489. The highest BCUT2D eigenvalue weighted by Crippen LogP contribution is 2.04. The molecular weight excluding hydrogens is 140 g/mol. The lowest BCUT2D eigenvalue weighted by atomic mass is 10.2. The second-order valence-electron chi connectivity index (χ2n) is 2.07. The van der Waals surface area contributed by atoms with Crippen LogP contribution in [0, 0.1) is 0 Å². The maximum absolute atomic E-state index is 8.46. The largest absolute Gasteiger partial charge is 0.409 e. The van der Waals surface area contributed by atoms with Crippen LogP contribution in [0.5, 0.6) is 0 Å². The quantitative estimate of drug-likeness (QED) is 0.438. The SMILES string of the molecule is C\C=C/C=C1/C=CN/C1=N\O. The Morgan fingerprint density at radius 2 is 2.45 bits per heavy atom. The fraction of sp³-hybridized carbons (Fsp3) is 0.125. The van der Waals surface area contributed by atoms with Gasteiger partial charge in [0, 0.05) is 11.8 Å². The second-order valence-corrected chi connectivity index (χ2v) is 2.07. The molecule has 0 amide bonds. The molecule has 2 N–H and O–H groups in total. The normalized spacial score (nSPS) is 23.7. The molecule has 11 heavy (non-hydrogen) atoms. The van der Waals surface area contributed by atoms with Gasteiger partial charge in [0.25, 0.3) is 0 Å². The topological polar surface area (TPSA) is 44.6 Å². The molecule has 3 heteroatoms. The van der Waals surface area contributed by atoms with Crippen molar-refractivity contribution < 1.29 is 5.21 Å². The van der Waals surface area contributed by atoms with Gasteiger partial charge in [0.2, 0.25) is 0 Å². The maximum atomic E-state index is 8.46. The first-order chi connectivity index (χ1) is 5.38. The van der Waals surface area contributed by atoms with Crippen molar-refractivity contribution >= 4 is 5.84 Å². The van der Waals surface area contributed by atoms with Gasteiger partial charge in [-0.1, -0.05) is 23.4 Å². The summed E-state index contributed by atoms with van der Waals surface area (Å²) in [5, 5.41) is 14.3. The summed E-state index contributed by atoms with van der Waals surface area (Å²) in [6.45, 7) is 1.93. The Bertz CT molecular complexity index is 249. The molecule has 0 aromatic carbocycles. The number of rotatable bonds is 1. The molecule has 0 aliphatic carbocycles. The first kappa shape index (κ1) is 7.60. The van der Waals surface area contributed by atoms with Crippen LogP contribution in [0.3, 0.4) is 0 Å². The van der Waals surface area contributed by atoms with Gasteiger partial charge in [-0.2, -0.15) is 0 Å². The lowest BCUT2D eigenvalue weighted by Gasteiger charge is -1.93. The number of hydrogen-bond donors (Lipinski definition) is 2. The van der Waals surface area contributed by atoms with Crippen LogP contribution in [0.25, 0.3) is 0 Å². The zero-order valence-corrected chi connectivity index (χ0v) is 6.28. The van der Waals surface area contributed by atoms with Crippen molar-refractivity contribution in [2.45, 2.75) is 6.92 Å². The van der Waals surface area contributed by atoms with E-state index in [1.807, 2.05) is 31.2 Å². The van der Waals surface area contributed by atoms with Gasteiger partial charge < -0.3 is 10.5 Å². The van der Waals surface area contributed by atoms with Crippen molar-refractivity contribution in [1.29, 1.82) is 0 Å². The molecule has 0 aromatic heterocycles. The van der Waals surface area contributed by atoms with Crippen molar-refractivity contribution in [1.82, 2.24) is 5.32 Å². The summed E-state index contributed by atoms with van der Waals surface area (Å²) in [7, 11) is 0. The molecule has 1 rings (SSSR count). The van der Waals surface area contributed by atoms with E-state index in [9.17, 15) is 0 Å². The average molecular weight is 150 g/mol. The number of hydrogen-bond acceptors (Lipinski definition) is 2. The third-order valence-corrected chi connectivity index (χ3v) is 1.32. The predicted molar refractivity (Wildman–Crippen MR) is 44.4 cm³/mol. The zero-order chi connectivity index (χ0) is 8.10. The number of allylic oxidation sites excluding steroid dienone is 3. The molecule has 58 valence electrons. The van der Waals surface area contributed by atoms with Gasteiger partial charge in [-0.05, 0) is 13.0 Å². The first-order valence-electron chi connectivity index (χ1n) is 3.37. The number of oxime groups is 1. The van der Waals surface area contributed by atoms with Gasteiger partial charge >= 0.3 is 0 Å². The van der Waals surface area contributed by atoms with E-state index in [0.717, 1.165) is 5.57 Å². The third kappa shape index (κ3) is 1.70. The van der Waals surface area contributed by atoms with Crippen LogP contribution >= 0.6 is 0 Å². The monoisotopic (exact) mass is 150 g/mol. The molecule has 0 spiro atoms. The molecule has 1 aliphatic rings. The summed E-state index contributed by atoms with van der Waals surface area (Å²) >= 11 is 0. The Morgan fingerprint density at radius 1 is 1.64 bits per heavy atom. The lowest BCUT2D eigenvalue weighted by molar-refractivity contribution is 0.318. The van der Waals surface area contributed by atoms with E-state index in [-0.39, 0.29) is 0 Å². The van der Waals surface area contributed by atoms with Crippen molar-refractivity contribution in [2.75, 3.05) is 0 Å². The first-order valence-corrected chi connectivity index (χ1v) is 3.37. The number of amidine groups is 1. The standard InChI is InChI=1S/C8H10N2O/c1-2-3-4-7-5-6-9-8(7)10-11/h2-6,11H,1H3,(H,9,10)/b3-2-,7-4-. The summed E-state index contributed by atoms with van der Waals surface area (Å²) in [6, 6.07) is 0. The van der Waals surface area contributed by atoms with Gasteiger partial charge in [0.05, 0.1) is 0 Å². The molecule has 0 saturated carbocycles. The molecule has 3 nitrogen and oxygen atoms in total. The summed E-state index contributed by atoms with van der Waals surface area (Å²) in [5.41, 5.74) is 0.880. The van der Waals surface area contributed by atoms with E-state index in [2.05, 4.69) is 10.5 Å². The van der Waals surface area contributed by atoms with Crippen LogP contribution < -0.4 is 5.32 Å². The molecule has 0 atom stereocenters.